The minimum atomic E-state index is -0.414. The van der Waals surface area contributed by atoms with Gasteiger partial charge in [0.15, 0.2) is 0 Å². The Bertz CT molecular complexity index is 1060. The molecule has 0 bridgehead atoms. The number of aryl methyl sites for hydroxylation is 3. The number of aliphatic imine (C=N–C) groups is 1. The van der Waals surface area contributed by atoms with Crippen molar-refractivity contribution in [2.45, 2.75) is 20.8 Å². The Morgan fingerprint density at radius 3 is 2.54 bits per heavy atom. The number of rotatable bonds is 3. The Labute approximate surface area is 152 Å². The number of nitrogens with two attached hydrogens (primary N) is 2. The van der Waals surface area contributed by atoms with Crippen molar-refractivity contribution in [2.75, 3.05) is 0 Å². The third-order valence-electron chi connectivity index (χ3n) is 4.42. The van der Waals surface area contributed by atoms with E-state index in [0.29, 0.717) is 11.4 Å². The first kappa shape index (κ1) is 17.5. The van der Waals surface area contributed by atoms with Crippen LogP contribution in [0.1, 0.15) is 32.7 Å². The summed E-state index contributed by atoms with van der Waals surface area (Å²) in [4.78, 5) is 19.7. The van der Waals surface area contributed by atoms with Gasteiger partial charge in [0.2, 0.25) is 0 Å². The normalized spacial score (nSPS) is 12.6. The third kappa shape index (κ3) is 3.37. The van der Waals surface area contributed by atoms with Crippen molar-refractivity contribution < 1.29 is 4.79 Å². The highest BCUT2D eigenvalue weighted by Gasteiger charge is 2.14. The minimum Gasteiger partial charge on any atom is -0.398 e. The first-order valence-corrected chi connectivity index (χ1v) is 8.37. The number of carbonyl (C=O) groups is 1. The molecule has 0 fully saturated rings. The number of aromatic amines is 1. The average molecular weight is 346 g/mol. The van der Waals surface area contributed by atoms with Gasteiger partial charge in [-0.15, -0.1) is 0 Å². The third-order valence-corrected chi connectivity index (χ3v) is 4.42. The lowest BCUT2D eigenvalue weighted by Crippen LogP contribution is -2.14. The molecule has 0 radical (unpaired) electrons. The van der Waals surface area contributed by atoms with Crippen LogP contribution in [-0.2, 0) is 0 Å². The number of aromatic nitrogens is 1. The highest BCUT2D eigenvalue weighted by molar-refractivity contribution is 6.10. The zero-order valence-corrected chi connectivity index (χ0v) is 15.1. The molecule has 1 aromatic heterocycles. The van der Waals surface area contributed by atoms with Gasteiger partial charge in [0.1, 0.15) is 11.5 Å². The maximum atomic E-state index is 12.5. The van der Waals surface area contributed by atoms with E-state index in [1.807, 2.05) is 63.2 Å². The molecule has 0 saturated heterocycles. The van der Waals surface area contributed by atoms with Gasteiger partial charge in [-0.05, 0) is 44.0 Å². The molecule has 0 aliphatic heterocycles. The van der Waals surface area contributed by atoms with Gasteiger partial charge in [0.05, 0.1) is 0 Å². The molecule has 3 aromatic rings. The Morgan fingerprint density at radius 2 is 1.81 bits per heavy atom. The van der Waals surface area contributed by atoms with Gasteiger partial charge in [-0.3, -0.25) is 4.79 Å². The van der Waals surface area contributed by atoms with E-state index in [1.54, 1.807) is 0 Å². The fourth-order valence-corrected chi connectivity index (χ4v) is 2.99. The second-order valence-corrected chi connectivity index (χ2v) is 6.43. The molecule has 0 unspecified atom stereocenters. The molecular weight excluding hydrogens is 324 g/mol. The summed E-state index contributed by atoms with van der Waals surface area (Å²) in [7, 11) is 0. The molecule has 5 heteroatoms. The average Bonchev–Trinajstić information content (AvgIpc) is 2.91. The number of nitrogens with one attached hydrogen (secondary N) is 1. The standard InChI is InChI=1S/C21H22N4O/c1-12-8-9-18-16(10-12)14(3)20(24-18)21(26)25-19(23)11-17(22)15-7-5-4-6-13(15)2/h4-11,24H,22H2,1-3H3,(H2,23,25,26)/b17-11-. The van der Waals surface area contributed by atoms with Gasteiger partial charge < -0.3 is 16.5 Å². The molecule has 26 heavy (non-hydrogen) atoms. The molecule has 5 N–H and O–H groups in total. The van der Waals surface area contributed by atoms with Crippen LogP contribution >= 0.6 is 0 Å². The number of hydrogen-bond acceptors (Lipinski definition) is 2. The number of fused-ring (bicyclic) bond motifs is 1. The summed E-state index contributed by atoms with van der Waals surface area (Å²) in [6.45, 7) is 5.88. The first-order chi connectivity index (χ1) is 12.4. The molecule has 5 nitrogen and oxygen atoms in total. The van der Waals surface area contributed by atoms with E-state index in [-0.39, 0.29) is 5.84 Å². The highest BCUT2D eigenvalue weighted by Crippen LogP contribution is 2.23. The molecule has 3 rings (SSSR count). The van der Waals surface area contributed by atoms with Crippen molar-refractivity contribution in [3.05, 3.63) is 76.5 Å². The van der Waals surface area contributed by atoms with Crippen molar-refractivity contribution >= 4 is 28.3 Å². The van der Waals surface area contributed by atoms with Crippen LogP contribution in [0.4, 0.5) is 0 Å². The van der Waals surface area contributed by atoms with Crippen LogP contribution in [0, 0.1) is 20.8 Å². The molecular formula is C21H22N4O. The van der Waals surface area contributed by atoms with E-state index < -0.39 is 5.91 Å². The van der Waals surface area contributed by atoms with Gasteiger partial charge in [-0.1, -0.05) is 35.9 Å². The number of nitrogens with zero attached hydrogens (tertiary/aromatic N) is 1. The second kappa shape index (κ2) is 6.88. The van der Waals surface area contributed by atoms with E-state index in [0.717, 1.165) is 33.2 Å². The van der Waals surface area contributed by atoms with Gasteiger partial charge in [0.25, 0.3) is 5.91 Å². The lowest BCUT2D eigenvalue weighted by Gasteiger charge is -2.05. The van der Waals surface area contributed by atoms with Crippen LogP contribution < -0.4 is 11.5 Å². The molecule has 0 saturated carbocycles. The van der Waals surface area contributed by atoms with Crippen LogP contribution in [0.2, 0.25) is 0 Å². The lowest BCUT2D eigenvalue weighted by atomic mass is 10.1. The van der Waals surface area contributed by atoms with Gasteiger partial charge in [0, 0.05) is 28.2 Å². The quantitative estimate of drug-likeness (QED) is 0.499. The van der Waals surface area contributed by atoms with Gasteiger partial charge >= 0.3 is 0 Å². The first-order valence-electron chi connectivity index (χ1n) is 8.37. The molecule has 132 valence electrons. The van der Waals surface area contributed by atoms with Crippen molar-refractivity contribution in [1.82, 2.24) is 4.98 Å². The van der Waals surface area contributed by atoms with E-state index >= 15 is 0 Å². The summed E-state index contributed by atoms with van der Waals surface area (Å²) < 4.78 is 0. The Morgan fingerprint density at radius 1 is 1.08 bits per heavy atom. The fraction of sp³-hybridized carbons (Fsp3) is 0.143. The van der Waals surface area contributed by atoms with Crippen LogP contribution in [0.3, 0.4) is 0 Å². The minimum absolute atomic E-state index is 0.0741. The van der Waals surface area contributed by atoms with Crippen LogP contribution in [0.25, 0.3) is 16.6 Å². The predicted octanol–water partition coefficient (Wildman–Crippen LogP) is 3.59. The number of amidine groups is 1. The molecule has 2 aromatic carbocycles. The monoisotopic (exact) mass is 346 g/mol. The number of H-pyrrole nitrogens is 1. The SMILES string of the molecule is Cc1ccc2[nH]c(C(=O)N=C(N)/C=C(\N)c3ccccc3C)c(C)c2c1. The molecule has 1 heterocycles. The lowest BCUT2D eigenvalue weighted by molar-refractivity contribution is 0.0998. The molecule has 0 aliphatic carbocycles. The smallest absolute Gasteiger partial charge is 0.295 e. The number of amides is 1. The maximum Gasteiger partial charge on any atom is 0.295 e. The zero-order valence-electron chi connectivity index (χ0n) is 15.1. The summed E-state index contributed by atoms with van der Waals surface area (Å²) in [5.74, 6) is -0.340. The van der Waals surface area contributed by atoms with E-state index in [2.05, 4.69) is 9.98 Å². The van der Waals surface area contributed by atoms with Crippen LogP contribution in [0.5, 0.6) is 0 Å². The summed E-state index contributed by atoms with van der Waals surface area (Å²) in [6, 6.07) is 13.7. The van der Waals surface area contributed by atoms with E-state index in [1.165, 1.54) is 6.08 Å². The second-order valence-electron chi connectivity index (χ2n) is 6.43. The molecule has 1 amide bonds. The van der Waals surface area contributed by atoms with Crippen LogP contribution in [0.15, 0.2) is 53.5 Å². The Kier molecular flexibility index (Phi) is 4.63. The topological polar surface area (TPSA) is 97.3 Å². The van der Waals surface area contributed by atoms with E-state index in [4.69, 9.17) is 11.5 Å². The zero-order chi connectivity index (χ0) is 18.8. The molecule has 0 aliphatic rings. The van der Waals surface area contributed by atoms with Crippen molar-refractivity contribution in [1.29, 1.82) is 0 Å². The van der Waals surface area contributed by atoms with Gasteiger partial charge in [-0.2, -0.15) is 4.99 Å². The summed E-state index contributed by atoms with van der Waals surface area (Å²) in [5.41, 5.74) is 17.7. The van der Waals surface area contributed by atoms with Crippen molar-refractivity contribution in [3.63, 3.8) is 0 Å². The molecule has 0 atom stereocenters. The number of hydrogen-bond donors (Lipinski definition) is 3. The number of benzene rings is 2. The Hall–Kier alpha value is -3.34. The maximum absolute atomic E-state index is 12.5. The predicted molar refractivity (Wildman–Crippen MR) is 107 cm³/mol. The summed E-state index contributed by atoms with van der Waals surface area (Å²) in [5, 5.41) is 1.01. The van der Waals surface area contributed by atoms with E-state index in [9.17, 15) is 4.79 Å². The Balaban J connectivity index is 1.92. The number of carbonyl (C=O) groups excluding carboxylic acids is 1. The summed E-state index contributed by atoms with van der Waals surface area (Å²) in [6.07, 6.45) is 1.52. The largest absolute Gasteiger partial charge is 0.398 e. The van der Waals surface area contributed by atoms with Crippen molar-refractivity contribution in [3.8, 4) is 0 Å². The highest BCUT2D eigenvalue weighted by atomic mass is 16.1. The molecule has 0 spiro atoms. The van der Waals surface area contributed by atoms with Crippen molar-refractivity contribution in [2.24, 2.45) is 16.5 Å². The van der Waals surface area contributed by atoms with Crippen LogP contribution in [-0.4, -0.2) is 16.7 Å². The fourth-order valence-electron chi connectivity index (χ4n) is 2.99. The summed E-state index contributed by atoms with van der Waals surface area (Å²) >= 11 is 0. The van der Waals surface area contributed by atoms with Gasteiger partial charge in [-0.25, -0.2) is 0 Å².